The third-order valence-corrected chi connectivity index (χ3v) is 5.13. The third kappa shape index (κ3) is 3.31. The minimum absolute atomic E-state index is 0.0537. The second kappa shape index (κ2) is 7.21. The first-order chi connectivity index (χ1) is 10.8. The van der Waals surface area contributed by atoms with Crippen molar-refractivity contribution in [2.45, 2.75) is 18.8 Å². The lowest BCUT2D eigenvalue weighted by Gasteiger charge is -2.30. The molecule has 0 radical (unpaired) electrons. The number of halogens is 1. The van der Waals surface area contributed by atoms with Gasteiger partial charge in [-0.05, 0) is 43.5 Å². The molecule has 114 valence electrons. The third-order valence-electron chi connectivity index (χ3n) is 4.44. The highest BCUT2D eigenvalue weighted by Crippen LogP contribution is 2.35. The zero-order valence-electron chi connectivity index (χ0n) is 12.5. The summed E-state index contributed by atoms with van der Waals surface area (Å²) < 4.78 is 0.884. The predicted octanol–water partition coefficient (Wildman–Crippen LogP) is 4.42. The molecule has 0 saturated carbocycles. The first kappa shape index (κ1) is 15.4. The van der Waals surface area contributed by atoms with Gasteiger partial charge in [-0.15, -0.1) is 0 Å². The molecule has 2 aromatic carbocycles. The second-order valence-corrected chi connectivity index (χ2v) is 6.67. The number of hydrogen-bond donors (Lipinski definition) is 1. The van der Waals surface area contributed by atoms with Crippen molar-refractivity contribution in [3.8, 4) is 0 Å². The van der Waals surface area contributed by atoms with E-state index in [1.54, 1.807) is 0 Å². The molecule has 3 rings (SSSR count). The number of benzene rings is 2. The van der Waals surface area contributed by atoms with Crippen molar-refractivity contribution >= 4 is 21.7 Å². The molecule has 3 heteroatoms. The van der Waals surface area contributed by atoms with E-state index in [2.05, 4.69) is 33.4 Å². The number of rotatable bonds is 4. The summed E-state index contributed by atoms with van der Waals surface area (Å²) in [5.41, 5.74) is 1.92. The number of nitrogens with one attached hydrogen (secondary N) is 1. The van der Waals surface area contributed by atoms with Gasteiger partial charge in [0.15, 0.2) is 5.78 Å². The van der Waals surface area contributed by atoms with Crippen LogP contribution >= 0.6 is 15.9 Å². The molecule has 1 fully saturated rings. The van der Waals surface area contributed by atoms with Crippen molar-refractivity contribution in [3.05, 3.63) is 70.2 Å². The van der Waals surface area contributed by atoms with Crippen LogP contribution in [0.25, 0.3) is 0 Å². The molecule has 0 amide bonds. The Bertz CT molecular complexity index is 635. The Labute approximate surface area is 140 Å². The average Bonchev–Trinajstić information content (AvgIpc) is 2.57. The van der Waals surface area contributed by atoms with Crippen LogP contribution in [-0.2, 0) is 0 Å². The molecule has 1 atom stereocenters. The maximum Gasteiger partial charge on any atom is 0.171 e. The van der Waals surface area contributed by atoms with Crippen molar-refractivity contribution in [2.75, 3.05) is 13.1 Å². The normalized spacial score (nSPS) is 17.1. The van der Waals surface area contributed by atoms with Gasteiger partial charge in [0, 0.05) is 10.0 Å². The van der Waals surface area contributed by atoms with Gasteiger partial charge >= 0.3 is 0 Å². The Balaban J connectivity index is 1.98. The van der Waals surface area contributed by atoms with E-state index in [1.807, 2.05) is 42.5 Å². The monoisotopic (exact) mass is 357 g/mol. The number of carbonyl (C=O) groups excluding carboxylic acids is 1. The Morgan fingerprint density at radius 3 is 2.32 bits per heavy atom. The molecule has 22 heavy (non-hydrogen) atoms. The van der Waals surface area contributed by atoms with E-state index < -0.39 is 0 Å². The topological polar surface area (TPSA) is 29.1 Å². The molecule has 0 aliphatic carbocycles. The zero-order chi connectivity index (χ0) is 15.4. The maximum absolute atomic E-state index is 13.2. The van der Waals surface area contributed by atoms with Gasteiger partial charge in [0.25, 0.3) is 0 Å². The lowest BCUT2D eigenvalue weighted by molar-refractivity contribution is 0.0915. The quantitative estimate of drug-likeness (QED) is 0.820. The Hall–Kier alpha value is -1.45. The van der Waals surface area contributed by atoms with E-state index >= 15 is 0 Å². The zero-order valence-corrected chi connectivity index (χ0v) is 14.1. The first-order valence-electron chi connectivity index (χ1n) is 7.82. The summed E-state index contributed by atoms with van der Waals surface area (Å²) in [5, 5.41) is 3.39. The van der Waals surface area contributed by atoms with E-state index in [1.165, 1.54) is 0 Å². The molecule has 1 unspecified atom stereocenters. The summed E-state index contributed by atoms with van der Waals surface area (Å²) in [6.07, 6.45) is 2.10. The molecule has 2 nitrogen and oxygen atoms in total. The van der Waals surface area contributed by atoms with Crippen molar-refractivity contribution in [3.63, 3.8) is 0 Å². The molecule has 1 heterocycles. The van der Waals surface area contributed by atoms with Gasteiger partial charge in [-0.1, -0.05) is 64.5 Å². The van der Waals surface area contributed by atoms with Crippen LogP contribution < -0.4 is 5.32 Å². The van der Waals surface area contributed by atoms with Gasteiger partial charge in [0.05, 0.1) is 5.92 Å². The molecule has 0 aromatic heterocycles. The fourth-order valence-corrected chi connectivity index (χ4v) is 3.78. The maximum atomic E-state index is 13.2. The lowest BCUT2D eigenvalue weighted by Crippen LogP contribution is -2.33. The molecule has 0 spiro atoms. The van der Waals surface area contributed by atoms with E-state index in [9.17, 15) is 4.79 Å². The Kier molecular flexibility index (Phi) is 5.06. The van der Waals surface area contributed by atoms with Crippen LogP contribution in [0.5, 0.6) is 0 Å². The summed E-state index contributed by atoms with van der Waals surface area (Å²) in [6.45, 7) is 1.99. The lowest BCUT2D eigenvalue weighted by atomic mass is 9.76. The second-order valence-electron chi connectivity index (χ2n) is 5.82. The molecule has 0 bridgehead atoms. The molecule has 1 aliphatic rings. The van der Waals surface area contributed by atoms with Gasteiger partial charge in [-0.25, -0.2) is 0 Å². The van der Waals surface area contributed by atoms with E-state index in [-0.39, 0.29) is 11.7 Å². The highest BCUT2D eigenvalue weighted by molar-refractivity contribution is 9.10. The molecule has 2 aromatic rings. The molecule has 1 aliphatic heterocycles. The molecule has 1 N–H and O–H groups in total. The van der Waals surface area contributed by atoms with Crippen LogP contribution in [0.1, 0.15) is 34.7 Å². The van der Waals surface area contributed by atoms with Gasteiger partial charge in [0.1, 0.15) is 0 Å². The van der Waals surface area contributed by atoms with Gasteiger partial charge < -0.3 is 5.32 Å². The number of ketones is 1. The smallest absolute Gasteiger partial charge is 0.171 e. The predicted molar refractivity (Wildman–Crippen MR) is 93.2 cm³/mol. The first-order valence-corrected chi connectivity index (χ1v) is 8.61. The highest BCUT2D eigenvalue weighted by atomic mass is 79.9. The summed E-state index contributed by atoms with van der Waals surface area (Å²) >= 11 is 3.53. The summed E-state index contributed by atoms with van der Waals surface area (Å²) in [6, 6.07) is 18.0. The van der Waals surface area contributed by atoms with Crippen molar-refractivity contribution in [2.24, 2.45) is 5.92 Å². The highest BCUT2D eigenvalue weighted by Gasteiger charge is 2.32. The fraction of sp³-hybridized carbons (Fsp3) is 0.316. The van der Waals surface area contributed by atoms with Crippen molar-refractivity contribution in [1.29, 1.82) is 0 Å². The van der Waals surface area contributed by atoms with E-state index in [0.717, 1.165) is 41.5 Å². The molecular formula is C19H20BrNO. The Morgan fingerprint density at radius 1 is 1.00 bits per heavy atom. The van der Waals surface area contributed by atoms with Gasteiger partial charge in [-0.3, -0.25) is 4.79 Å². The van der Waals surface area contributed by atoms with Crippen LogP contribution in [0.4, 0.5) is 0 Å². The summed E-state index contributed by atoms with van der Waals surface area (Å²) in [7, 11) is 0. The van der Waals surface area contributed by atoms with Crippen LogP contribution in [0.2, 0.25) is 0 Å². The fourth-order valence-electron chi connectivity index (χ4n) is 3.30. The minimum Gasteiger partial charge on any atom is -0.317 e. The van der Waals surface area contributed by atoms with Gasteiger partial charge in [0.2, 0.25) is 0 Å². The number of carbonyl (C=O) groups is 1. The van der Waals surface area contributed by atoms with E-state index in [0.29, 0.717) is 5.92 Å². The van der Waals surface area contributed by atoms with Crippen LogP contribution in [0.3, 0.4) is 0 Å². The van der Waals surface area contributed by atoms with Gasteiger partial charge in [-0.2, -0.15) is 0 Å². The molecular weight excluding hydrogens is 338 g/mol. The minimum atomic E-state index is -0.0537. The number of piperidine rings is 1. The largest absolute Gasteiger partial charge is 0.317 e. The SMILES string of the molecule is O=C(c1ccccc1Br)C(c1ccccc1)C1CCNCC1. The van der Waals surface area contributed by atoms with Crippen LogP contribution in [-0.4, -0.2) is 18.9 Å². The van der Waals surface area contributed by atoms with Crippen molar-refractivity contribution in [1.82, 2.24) is 5.32 Å². The number of hydrogen-bond acceptors (Lipinski definition) is 2. The Morgan fingerprint density at radius 2 is 1.64 bits per heavy atom. The van der Waals surface area contributed by atoms with E-state index in [4.69, 9.17) is 0 Å². The number of Topliss-reactive ketones (excluding diaryl/α,β-unsaturated/α-hetero) is 1. The van der Waals surface area contributed by atoms with Crippen LogP contribution in [0, 0.1) is 5.92 Å². The summed E-state index contributed by atoms with van der Waals surface area (Å²) in [4.78, 5) is 13.2. The molecule has 1 saturated heterocycles. The summed E-state index contributed by atoms with van der Waals surface area (Å²) in [5.74, 6) is 0.579. The standard InChI is InChI=1S/C19H20BrNO/c20-17-9-5-4-8-16(17)19(22)18(14-6-2-1-3-7-14)15-10-12-21-13-11-15/h1-9,15,18,21H,10-13H2. The average molecular weight is 358 g/mol. The van der Waals surface area contributed by atoms with Crippen molar-refractivity contribution < 1.29 is 4.79 Å². The van der Waals surface area contributed by atoms with Crippen LogP contribution in [0.15, 0.2) is 59.1 Å².